The van der Waals surface area contributed by atoms with E-state index in [2.05, 4.69) is 23.5 Å². The van der Waals surface area contributed by atoms with Gasteiger partial charge in [0.1, 0.15) is 5.82 Å². The standard InChI is InChI=1S/C24H26ClF3N4O/c1-3-17-19(4-2)32(22(33)23(17)9-11-29-12-10-23)15-21-30-18-14-16(25)6-7-20(18)31(21)13-5-8-24(26,27)28/h3-4,6-7,14,29H,1-2,5,8-13,15H2. The Kier molecular flexibility index (Phi) is 6.42. The summed E-state index contributed by atoms with van der Waals surface area (Å²) in [5, 5.41) is 3.78. The molecule has 2 aliphatic heterocycles. The number of hydrogen-bond donors (Lipinski definition) is 1. The lowest BCUT2D eigenvalue weighted by Crippen LogP contribution is -2.44. The van der Waals surface area contributed by atoms with Crippen LogP contribution in [-0.2, 0) is 17.9 Å². The Bertz CT molecular complexity index is 1130. The van der Waals surface area contributed by atoms with Crippen LogP contribution < -0.4 is 5.32 Å². The Labute approximate surface area is 195 Å². The number of carbonyl (C=O) groups is 1. The van der Waals surface area contributed by atoms with Crippen LogP contribution in [0.15, 0.2) is 54.8 Å². The van der Waals surface area contributed by atoms with Crippen LogP contribution in [0.25, 0.3) is 11.0 Å². The summed E-state index contributed by atoms with van der Waals surface area (Å²) in [6, 6.07) is 5.12. The molecular formula is C24H26ClF3N4O. The number of imidazole rings is 1. The monoisotopic (exact) mass is 478 g/mol. The minimum absolute atomic E-state index is 0.0410. The van der Waals surface area contributed by atoms with Crippen molar-refractivity contribution in [3.63, 3.8) is 0 Å². The van der Waals surface area contributed by atoms with Gasteiger partial charge in [0.2, 0.25) is 5.91 Å². The molecule has 1 amide bonds. The first-order valence-electron chi connectivity index (χ1n) is 10.9. The Morgan fingerprint density at radius 2 is 1.94 bits per heavy atom. The number of aryl methyl sites for hydroxylation is 1. The maximum Gasteiger partial charge on any atom is 0.389 e. The summed E-state index contributed by atoms with van der Waals surface area (Å²) >= 11 is 6.12. The zero-order chi connectivity index (χ0) is 23.8. The Hall–Kier alpha value is -2.58. The number of rotatable bonds is 7. The molecule has 1 saturated heterocycles. The van der Waals surface area contributed by atoms with Gasteiger partial charge in [-0.15, -0.1) is 0 Å². The van der Waals surface area contributed by atoms with Gasteiger partial charge >= 0.3 is 6.18 Å². The molecule has 0 radical (unpaired) electrons. The highest BCUT2D eigenvalue weighted by Gasteiger charge is 2.51. The van der Waals surface area contributed by atoms with Crippen molar-refractivity contribution in [2.45, 2.75) is 44.9 Å². The van der Waals surface area contributed by atoms with Gasteiger partial charge in [-0.3, -0.25) is 4.79 Å². The number of alkyl halides is 3. The number of allylic oxidation sites excluding steroid dienone is 2. The van der Waals surface area contributed by atoms with E-state index in [-0.39, 0.29) is 25.4 Å². The van der Waals surface area contributed by atoms with Crippen molar-refractivity contribution in [3.05, 3.63) is 65.6 Å². The number of halogens is 4. The molecule has 9 heteroatoms. The summed E-state index contributed by atoms with van der Waals surface area (Å²) in [4.78, 5) is 20.0. The van der Waals surface area contributed by atoms with Gasteiger partial charge in [0, 0.05) is 23.7 Å². The van der Waals surface area contributed by atoms with E-state index in [0.717, 1.165) is 18.7 Å². The number of carbonyl (C=O) groups excluding carboxylic acids is 1. The second-order valence-corrected chi connectivity index (χ2v) is 8.90. The number of nitrogens with one attached hydrogen (secondary N) is 1. The number of aromatic nitrogens is 2. The van der Waals surface area contributed by atoms with E-state index >= 15 is 0 Å². The highest BCUT2D eigenvalue weighted by Crippen LogP contribution is 2.48. The van der Waals surface area contributed by atoms with Crippen LogP contribution in [-0.4, -0.2) is 39.6 Å². The quantitative estimate of drug-likeness (QED) is 0.582. The molecule has 0 aliphatic carbocycles. The van der Waals surface area contributed by atoms with Crippen LogP contribution in [0, 0.1) is 5.41 Å². The lowest BCUT2D eigenvalue weighted by atomic mass is 9.73. The molecule has 3 heterocycles. The first-order chi connectivity index (χ1) is 15.7. The van der Waals surface area contributed by atoms with Crippen LogP contribution >= 0.6 is 11.6 Å². The molecular weight excluding hydrogens is 453 g/mol. The molecule has 1 aromatic heterocycles. The fraction of sp³-hybridized carbons (Fsp3) is 0.417. The molecule has 2 aliphatic rings. The third kappa shape index (κ3) is 4.34. The number of benzene rings is 1. The highest BCUT2D eigenvalue weighted by atomic mass is 35.5. The van der Waals surface area contributed by atoms with Gasteiger partial charge in [-0.25, -0.2) is 4.98 Å². The minimum atomic E-state index is -4.23. The smallest absolute Gasteiger partial charge is 0.326 e. The molecule has 33 heavy (non-hydrogen) atoms. The van der Waals surface area contributed by atoms with Gasteiger partial charge in [0.15, 0.2) is 0 Å². The molecule has 1 spiro atoms. The summed E-state index contributed by atoms with van der Waals surface area (Å²) in [6.45, 7) is 9.56. The van der Waals surface area contributed by atoms with Gasteiger partial charge in [-0.05, 0) is 62.2 Å². The van der Waals surface area contributed by atoms with E-state index in [1.807, 2.05) is 0 Å². The Morgan fingerprint density at radius 1 is 1.21 bits per heavy atom. The van der Waals surface area contributed by atoms with Crippen molar-refractivity contribution in [1.29, 1.82) is 0 Å². The number of hydrogen-bond acceptors (Lipinski definition) is 3. The Morgan fingerprint density at radius 3 is 2.58 bits per heavy atom. The molecule has 4 rings (SSSR count). The summed E-state index contributed by atoms with van der Waals surface area (Å²) < 4.78 is 40.1. The molecule has 2 aromatic rings. The van der Waals surface area contributed by atoms with Crippen molar-refractivity contribution >= 4 is 28.5 Å². The van der Waals surface area contributed by atoms with Crippen LogP contribution in [0.2, 0.25) is 5.02 Å². The summed E-state index contributed by atoms with van der Waals surface area (Å²) in [6.07, 6.45) is -0.528. The zero-order valence-corrected chi connectivity index (χ0v) is 19.0. The summed E-state index contributed by atoms with van der Waals surface area (Å²) in [5.74, 6) is 0.470. The molecule has 176 valence electrons. The second kappa shape index (κ2) is 8.99. The fourth-order valence-electron chi connectivity index (χ4n) is 4.99. The van der Waals surface area contributed by atoms with E-state index in [1.54, 1.807) is 39.8 Å². The lowest BCUT2D eigenvalue weighted by Gasteiger charge is -2.34. The van der Waals surface area contributed by atoms with Crippen molar-refractivity contribution in [3.8, 4) is 0 Å². The molecule has 1 N–H and O–H groups in total. The number of amides is 1. The molecule has 0 bridgehead atoms. The SMILES string of the molecule is C=CC1=C(C=C)C2(CCNCC2)C(=O)N1Cc1nc2cc(Cl)ccc2n1CCCC(F)(F)F. The van der Waals surface area contributed by atoms with Crippen molar-refractivity contribution in [2.75, 3.05) is 13.1 Å². The molecule has 0 atom stereocenters. The van der Waals surface area contributed by atoms with Gasteiger partial charge in [0.05, 0.1) is 23.0 Å². The average Bonchev–Trinajstić information content (AvgIpc) is 3.20. The predicted octanol–water partition coefficient (Wildman–Crippen LogP) is 5.37. The van der Waals surface area contributed by atoms with Gasteiger partial charge in [-0.1, -0.05) is 30.8 Å². The summed E-state index contributed by atoms with van der Waals surface area (Å²) in [5.41, 5.74) is 2.15. The van der Waals surface area contributed by atoms with E-state index in [1.165, 1.54) is 0 Å². The molecule has 1 aromatic carbocycles. The lowest BCUT2D eigenvalue weighted by molar-refractivity contribution is -0.137. The molecule has 5 nitrogen and oxygen atoms in total. The van der Waals surface area contributed by atoms with E-state index in [0.29, 0.717) is 40.4 Å². The highest BCUT2D eigenvalue weighted by molar-refractivity contribution is 6.31. The number of fused-ring (bicyclic) bond motifs is 1. The molecule has 1 fully saturated rings. The van der Waals surface area contributed by atoms with Crippen LogP contribution in [0.5, 0.6) is 0 Å². The maximum atomic E-state index is 13.7. The fourth-order valence-corrected chi connectivity index (χ4v) is 5.16. The third-order valence-electron chi connectivity index (χ3n) is 6.52. The normalized spacial score (nSPS) is 18.5. The average molecular weight is 479 g/mol. The maximum absolute atomic E-state index is 13.7. The number of piperidine rings is 1. The van der Waals surface area contributed by atoms with E-state index in [9.17, 15) is 18.0 Å². The van der Waals surface area contributed by atoms with E-state index < -0.39 is 18.0 Å². The Balaban J connectivity index is 1.72. The second-order valence-electron chi connectivity index (χ2n) is 8.46. The third-order valence-corrected chi connectivity index (χ3v) is 6.76. The first-order valence-corrected chi connectivity index (χ1v) is 11.3. The van der Waals surface area contributed by atoms with Crippen molar-refractivity contribution in [1.82, 2.24) is 19.8 Å². The summed E-state index contributed by atoms with van der Waals surface area (Å²) in [7, 11) is 0. The number of nitrogens with zero attached hydrogens (tertiary/aromatic N) is 3. The van der Waals surface area contributed by atoms with E-state index in [4.69, 9.17) is 11.6 Å². The van der Waals surface area contributed by atoms with Gasteiger partial charge < -0.3 is 14.8 Å². The predicted molar refractivity (Wildman–Crippen MR) is 123 cm³/mol. The molecule has 0 saturated carbocycles. The van der Waals surface area contributed by atoms with Gasteiger partial charge in [0.25, 0.3) is 0 Å². The van der Waals surface area contributed by atoms with Crippen LogP contribution in [0.1, 0.15) is 31.5 Å². The van der Waals surface area contributed by atoms with Crippen molar-refractivity contribution in [2.24, 2.45) is 5.41 Å². The van der Waals surface area contributed by atoms with Crippen LogP contribution in [0.4, 0.5) is 13.2 Å². The zero-order valence-electron chi connectivity index (χ0n) is 18.2. The topological polar surface area (TPSA) is 50.2 Å². The minimum Gasteiger partial charge on any atom is -0.326 e. The van der Waals surface area contributed by atoms with Gasteiger partial charge in [-0.2, -0.15) is 13.2 Å². The van der Waals surface area contributed by atoms with Crippen LogP contribution in [0.3, 0.4) is 0 Å². The molecule has 0 unspecified atom stereocenters. The van der Waals surface area contributed by atoms with Crippen molar-refractivity contribution < 1.29 is 18.0 Å². The largest absolute Gasteiger partial charge is 0.389 e. The first kappa shape index (κ1) is 23.6.